The first-order chi connectivity index (χ1) is 14.5. The number of nitrogens with zero attached hydrogens (tertiary/aromatic N) is 3. The minimum absolute atomic E-state index is 0.0347. The fourth-order valence-corrected chi connectivity index (χ4v) is 3.87. The van der Waals surface area contributed by atoms with E-state index in [2.05, 4.69) is 0 Å². The number of furan rings is 1. The minimum atomic E-state index is -0.299. The maximum atomic E-state index is 12.5. The van der Waals surface area contributed by atoms with E-state index in [-0.39, 0.29) is 36.6 Å². The summed E-state index contributed by atoms with van der Waals surface area (Å²) in [6.07, 6.45) is 2.12. The number of rotatable bonds is 5. The van der Waals surface area contributed by atoms with Crippen molar-refractivity contribution in [1.29, 1.82) is 0 Å². The average Bonchev–Trinajstić information content (AvgIpc) is 3.37. The molecule has 4 amide bonds. The molecule has 1 fully saturated rings. The molecule has 0 radical (unpaired) electrons. The van der Waals surface area contributed by atoms with Gasteiger partial charge in [-0.3, -0.25) is 24.1 Å². The number of amides is 4. The summed E-state index contributed by atoms with van der Waals surface area (Å²) < 4.78 is 5.14. The number of fused-ring (bicyclic) bond motifs is 1. The van der Waals surface area contributed by atoms with E-state index in [0.29, 0.717) is 49.5 Å². The second-order valence-electron chi connectivity index (χ2n) is 7.56. The van der Waals surface area contributed by atoms with Crippen LogP contribution in [0.25, 0.3) is 0 Å². The van der Waals surface area contributed by atoms with Gasteiger partial charge in [0.25, 0.3) is 17.7 Å². The Balaban J connectivity index is 1.25. The van der Waals surface area contributed by atoms with Crippen molar-refractivity contribution in [2.75, 3.05) is 32.7 Å². The minimum Gasteiger partial charge on any atom is -0.459 e. The van der Waals surface area contributed by atoms with Gasteiger partial charge in [-0.15, -0.1) is 0 Å². The highest BCUT2D eigenvalue weighted by atomic mass is 16.3. The molecular formula is C22H23N3O5. The van der Waals surface area contributed by atoms with E-state index >= 15 is 0 Å². The van der Waals surface area contributed by atoms with E-state index in [1.807, 2.05) is 13.0 Å². The summed E-state index contributed by atoms with van der Waals surface area (Å²) in [6.45, 7) is 3.90. The van der Waals surface area contributed by atoms with E-state index in [1.54, 1.807) is 34.1 Å². The van der Waals surface area contributed by atoms with Gasteiger partial charge in [-0.1, -0.05) is 11.6 Å². The lowest BCUT2D eigenvalue weighted by Crippen LogP contribution is -2.50. The summed E-state index contributed by atoms with van der Waals surface area (Å²) in [7, 11) is 0. The first-order valence-electron chi connectivity index (χ1n) is 10.0. The van der Waals surface area contributed by atoms with Gasteiger partial charge >= 0.3 is 0 Å². The molecule has 2 aliphatic heterocycles. The van der Waals surface area contributed by atoms with Crippen molar-refractivity contribution < 1.29 is 23.6 Å². The van der Waals surface area contributed by atoms with Crippen LogP contribution in [0.5, 0.6) is 0 Å². The number of benzene rings is 1. The van der Waals surface area contributed by atoms with Crippen LogP contribution in [0.3, 0.4) is 0 Å². The van der Waals surface area contributed by atoms with Gasteiger partial charge in [0.15, 0.2) is 5.76 Å². The van der Waals surface area contributed by atoms with Crippen LogP contribution in [0.1, 0.15) is 49.7 Å². The number of carbonyl (C=O) groups excluding carboxylic acids is 4. The van der Waals surface area contributed by atoms with Crippen LogP contribution < -0.4 is 0 Å². The molecule has 0 spiro atoms. The zero-order valence-electron chi connectivity index (χ0n) is 16.8. The summed E-state index contributed by atoms with van der Waals surface area (Å²) in [6, 6.07) is 8.51. The zero-order chi connectivity index (χ0) is 21.3. The number of hydrogen-bond acceptors (Lipinski definition) is 5. The predicted molar refractivity (Wildman–Crippen MR) is 107 cm³/mol. The van der Waals surface area contributed by atoms with Crippen LogP contribution in [0, 0.1) is 6.92 Å². The lowest BCUT2D eigenvalue weighted by molar-refractivity contribution is -0.132. The molecule has 0 saturated carbocycles. The van der Waals surface area contributed by atoms with Crippen molar-refractivity contribution in [3.8, 4) is 0 Å². The van der Waals surface area contributed by atoms with Gasteiger partial charge in [0.2, 0.25) is 5.91 Å². The van der Waals surface area contributed by atoms with Gasteiger partial charge in [0.1, 0.15) is 0 Å². The van der Waals surface area contributed by atoms with Crippen molar-refractivity contribution >= 4 is 23.6 Å². The number of carbonyl (C=O) groups is 4. The zero-order valence-corrected chi connectivity index (χ0v) is 16.8. The highest BCUT2D eigenvalue weighted by molar-refractivity contribution is 6.21. The normalized spacial score (nSPS) is 16.2. The Morgan fingerprint density at radius 1 is 0.967 bits per heavy atom. The number of imide groups is 1. The van der Waals surface area contributed by atoms with Crippen LogP contribution in [-0.4, -0.2) is 71.1 Å². The maximum absolute atomic E-state index is 12.5. The van der Waals surface area contributed by atoms with Gasteiger partial charge in [-0.25, -0.2) is 0 Å². The van der Waals surface area contributed by atoms with Crippen molar-refractivity contribution in [2.24, 2.45) is 0 Å². The predicted octanol–water partition coefficient (Wildman–Crippen LogP) is 1.95. The van der Waals surface area contributed by atoms with Crippen LogP contribution >= 0.6 is 0 Å². The number of aryl methyl sites for hydroxylation is 1. The summed E-state index contributed by atoms with van der Waals surface area (Å²) in [5.74, 6) is -0.505. The third-order valence-corrected chi connectivity index (χ3v) is 5.55. The molecule has 156 valence electrons. The Morgan fingerprint density at radius 2 is 1.67 bits per heavy atom. The van der Waals surface area contributed by atoms with Crippen molar-refractivity contribution in [3.63, 3.8) is 0 Å². The lowest BCUT2D eigenvalue weighted by Gasteiger charge is -2.34. The van der Waals surface area contributed by atoms with E-state index in [9.17, 15) is 19.2 Å². The van der Waals surface area contributed by atoms with E-state index in [0.717, 1.165) is 5.56 Å². The van der Waals surface area contributed by atoms with E-state index < -0.39 is 0 Å². The monoisotopic (exact) mass is 409 g/mol. The smallest absolute Gasteiger partial charge is 0.289 e. The quantitative estimate of drug-likeness (QED) is 0.704. The van der Waals surface area contributed by atoms with Crippen LogP contribution in [0.4, 0.5) is 0 Å². The first kappa shape index (κ1) is 19.9. The summed E-state index contributed by atoms with van der Waals surface area (Å²) in [4.78, 5) is 54.4. The molecule has 0 bridgehead atoms. The van der Waals surface area contributed by atoms with Crippen molar-refractivity contribution in [3.05, 3.63) is 59.0 Å². The molecular weight excluding hydrogens is 386 g/mol. The Morgan fingerprint density at radius 3 is 2.37 bits per heavy atom. The van der Waals surface area contributed by atoms with Gasteiger partial charge in [0, 0.05) is 39.1 Å². The highest BCUT2D eigenvalue weighted by Crippen LogP contribution is 2.24. The Bertz CT molecular complexity index is 990. The molecule has 1 aromatic carbocycles. The molecule has 0 atom stereocenters. The topological polar surface area (TPSA) is 91.1 Å². The summed E-state index contributed by atoms with van der Waals surface area (Å²) in [5, 5.41) is 0. The van der Waals surface area contributed by atoms with Gasteiger partial charge < -0.3 is 14.2 Å². The van der Waals surface area contributed by atoms with Gasteiger partial charge in [0.05, 0.1) is 17.4 Å². The molecule has 4 rings (SSSR count). The Hall–Kier alpha value is -3.42. The SMILES string of the molecule is Cc1ccc2c(c1)C(=O)N(CCCC(=O)N1CCN(C(=O)c3ccco3)CC1)C2=O. The lowest BCUT2D eigenvalue weighted by atomic mass is 10.1. The standard InChI is InChI=1S/C22H23N3O5/c1-15-6-7-16-17(14-15)21(28)25(20(16)27)8-2-5-19(26)23-9-11-24(12-10-23)22(29)18-4-3-13-30-18/h3-4,6-7,13-14H,2,5,8-12H2,1H3. The molecule has 0 aliphatic carbocycles. The van der Waals surface area contributed by atoms with Crippen LogP contribution in [-0.2, 0) is 4.79 Å². The molecule has 0 N–H and O–H groups in total. The molecule has 8 nitrogen and oxygen atoms in total. The summed E-state index contributed by atoms with van der Waals surface area (Å²) >= 11 is 0. The molecule has 1 aromatic heterocycles. The maximum Gasteiger partial charge on any atom is 0.289 e. The molecule has 2 aliphatic rings. The van der Waals surface area contributed by atoms with E-state index in [1.165, 1.54) is 11.2 Å². The second-order valence-corrected chi connectivity index (χ2v) is 7.56. The fraction of sp³-hybridized carbons (Fsp3) is 0.364. The van der Waals surface area contributed by atoms with E-state index in [4.69, 9.17) is 4.42 Å². The highest BCUT2D eigenvalue weighted by Gasteiger charge is 2.35. The van der Waals surface area contributed by atoms with Crippen LogP contribution in [0.2, 0.25) is 0 Å². The third-order valence-electron chi connectivity index (χ3n) is 5.55. The van der Waals surface area contributed by atoms with Gasteiger partial charge in [-0.2, -0.15) is 0 Å². The van der Waals surface area contributed by atoms with Crippen molar-refractivity contribution in [2.45, 2.75) is 19.8 Å². The molecule has 2 aromatic rings. The molecule has 8 heteroatoms. The van der Waals surface area contributed by atoms with Crippen LogP contribution in [0.15, 0.2) is 41.0 Å². The van der Waals surface area contributed by atoms with Gasteiger partial charge in [-0.05, 0) is 37.6 Å². The number of piperazine rings is 1. The Labute approximate surface area is 174 Å². The average molecular weight is 409 g/mol. The molecule has 30 heavy (non-hydrogen) atoms. The largest absolute Gasteiger partial charge is 0.459 e. The van der Waals surface area contributed by atoms with Crippen molar-refractivity contribution in [1.82, 2.24) is 14.7 Å². The fourth-order valence-electron chi connectivity index (χ4n) is 3.87. The Kier molecular flexibility index (Phi) is 5.39. The first-order valence-corrected chi connectivity index (χ1v) is 10.0. The molecule has 1 saturated heterocycles. The number of hydrogen-bond donors (Lipinski definition) is 0. The second kappa shape index (κ2) is 8.14. The molecule has 0 unspecified atom stereocenters. The molecule has 3 heterocycles. The summed E-state index contributed by atoms with van der Waals surface area (Å²) in [5.41, 5.74) is 1.79. The third kappa shape index (κ3) is 3.72.